The van der Waals surface area contributed by atoms with Crippen LogP contribution in [0.3, 0.4) is 0 Å². The average Bonchev–Trinajstić information content (AvgIpc) is 2.30. The summed E-state index contributed by atoms with van der Waals surface area (Å²) in [7, 11) is 0. The topological polar surface area (TPSA) is 28.7 Å². The molecule has 0 unspecified atom stereocenters. The van der Waals surface area contributed by atoms with Gasteiger partial charge in [-0.15, -0.1) is 0 Å². The molecule has 0 spiro atoms. The third kappa shape index (κ3) is 1.60. The number of hydrogen-bond acceptors (Lipinski definition) is 1. The van der Waals surface area contributed by atoms with E-state index < -0.39 is 11.9 Å². The fraction of sp³-hybridized carbons (Fsp3) is 0.571. The highest BCUT2D eigenvalue weighted by molar-refractivity contribution is 5.22. The van der Waals surface area contributed by atoms with Crippen LogP contribution in [0.4, 0.5) is 13.2 Å². The lowest BCUT2D eigenvalue weighted by atomic mass is 10.0. The van der Waals surface area contributed by atoms with Crippen LogP contribution < -0.4 is 0 Å². The standard InChI is InChI=1S/C7H9F3N2/c1-4(2)5-3-11-12-6(5)7(8,9)10/h3-4H,1-2H3,(H,11,12). The van der Waals surface area contributed by atoms with E-state index in [0.29, 0.717) is 0 Å². The van der Waals surface area contributed by atoms with E-state index in [1.165, 1.54) is 6.20 Å². The fourth-order valence-electron chi connectivity index (χ4n) is 0.960. The van der Waals surface area contributed by atoms with Gasteiger partial charge in [-0.05, 0) is 5.92 Å². The van der Waals surface area contributed by atoms with Gasteiger partial charge in [0.1, 0.15) is 5.69 Å². The van der Waals surface area contributed by atoms with Crippen molar-refractivity contribution >= 4 is 0 Å². The minimum Gasteiger partial charge on any atom is -0.273 e. The molecule has 0 atom stereocenters. The monoisotopic (exact) mass is 178 g/mol. The van der Waals surface area contributed by atoms with Crippen molar-refractivity contribution in [2.24, 2.45) is 0 Å². The van der Waals surface area contributed by atoms with Gasteiger partial charge >= 0.3 is 6.18 Å². The van der Waals surface area contributed by atoms with Crippen molar-refractivity contribution < 1.29 is 13.2 Å². The molecule has 0 amide bonds. The summed E-state index contributed by atoms with van der Waals surface area (Å²) >= 11 is 0. The summed E-state index contributed by atoms with van der Waals surface area (Å²) in [5.41, 5.74) is -0.528. The average molecular weight is 178 g/mol. The van der Waals surface area contributed by atoms with Gasteiger partial charge in [0.15, 0.2) is 0 Å². The number of alkyl halides is 3. The first-order chi connectivity index (χ1) is 5.43. The maximum absolute atomic E-state index is 12.2. The molecule has 0 aromatic carbocycles. The largest absolute Gasteiger partial charge is 0.433 e. The molecule has 2 nitrogen and oxygen atoms in total. The van der Waals surface area contributed by atoms with Gasteiger partial charge in [-0.3, -0.25) is 5.10 Å². The Labute approximate surface area is 67.8 Å². The van der Waals surface area contributed by atoms with Crippen molar-refractivity contribution in [2.75, 3.05) is 0 Å². The first-order valence-electron chi connectivity index (χ1n) is 3.53. The molecule has 0 saturated heterocycles. The van der Waals surface area contributed by atoms with Crippen molar-refractivity contribution in [1.82, 2.24) is 10.2 Å². The summed E-state index contributed by atoms with van der Waals surface area (Å²) < 4.78 is 36.5. The molecule has 0 aliphatic carbocycles. The second-order valence-electron chi connectivity index (χ2n) is 2.85. The number of nitrogens with one attached hydrogen (secondary N) is 1. The summed E-state index contributed by atoms with van der Waals surface area (Å²) in [5, 5.41) is 5.32. The van der Waals surface area contributed by atoms with Gasteiger partial charge in [0.05, 0.1) is 6.20 Å². The molecule has 0 fully saturated rings. The van der Waals surface area contributed by atoms with Gasteiger partial charge in [0.2, 0.25) is 0 Å². The molecule has 0 saturated carbocycles. The van der Waals surface area contributed by atoms with Gasteiger partial charge in [0.25, 0.3) is 0 Å². The van der Waals surface area contributed by atoms with Crippen molar-refractivity contribution in [3.63, 3.8) is 0 Å². The van der Waals surface area contributed by atoms with Crippen LogP contribution in [0.2, 0.25) is 0 Å². The molecule has 1 rings (SSSR count). The molecule has 1 aromatic rings. The molecular weight excluding hydrogens is 169 g/mol. The smallest absolute Gasteiger partial charge is 0.273 e. The van der Waals surface area contributed by atoms with E-state index in [-0.39, 0.29) is 11.5 Å². The Morgan fingerprint density at radius 3 is 2.33 bits per heavy atom. The molecule has 12 heavy (non-hydrogen) atoms. The second kappa shape index (κ2) is 2.80. The molecule has 0 aliphatic heterocycles. The van der Waals surface area contributed by atoms with E-state index in [1.54, 1.807) is 13.8 Å². The molecule has 68 valence electrons. The van der Waals surface area contributed by atoms with E-state index >= 15 is 0 Å². The van der Waals surface area contributed by atoms with Crippen LogP contribution in [-0.4, -0.2) is 10.2 Å². The lowest BCUT2D eigenvalue weighted by molar-refractivity contribution is -0.141. The Hall–Kier alpha value is -1.00. The number of aromatic amines is 1. The summed E-state index contributed by atoms with van der Waals surface area (Å²) in [6.45, 7) is 3.39. The van der Waals surface area contributed by atoms with Crippen LogP contribution in [0.25, 0.3) is 0 Å². The predicted molar refractivity (Wildman–Crippen MR) is 37.7 cm³/mol. The molecule has 0 radical (unpaired) electrons. The Morgan fingerprint density at radius 1 is 1.42 bits per heavy atom. The van der Waals surface area contributed by atoms with Crippen LogP contribution >= 0.6 is 0 Å². The Kier molecular flexibility index (Phi) is 2.12. The normalized spacial score (nSPS) is 12.5. The molecule has 1 aromatic heterocycles. The number of H-pyrrole nitrogens is 1. The van der Waals surface area contributed by atoms with Crippen LogP contribution in [0.5, 0.6) is 0 Å². The van der Waals surface area contributed by atoms with Gasteiger partial charge < -0.3 is 0 Å². The van der Waals surface area contributed by atoms with E-state index in [2.05, 4.69) is 5.10 Å². The van der Waals surface area contributed by atoms with Crippen molar-refractivity contribution in [3.8, 4) is 0 Å². The molecule has 0 bridgehead atoms. The first kappa shape index (κ1) is 9.09. The summed E-state index contributed by atoms with van der Waals surface area (Å²) in [6.07, 6.45) is -3.11. The fourth-order valence-corrected chi connectivity index (χ4v) is 0.960. The molecule has 1 heterocycles. The number of hydrogen-bond donors (Lipinski definition) is 1. The highest BCUT2D eigenvalue weighted by Crippen LogP contribution is 2.32. The number of rotatable bonds is 1. The maximum Gasteiger partial charge on any atom is 0.433 e. The summed E-state index contributed by atoms with van der Waals surface area (Å²) in [6, 6.07) is 0. The molecule has 5 heteroatoms. The van der Waals surface area contributed by atoms with E-state index in [1.807, 2.05) is 5.10 Å². The van der Waals surface area contributed by atoms with E-state index in [0.717, 1.165) is 0 Å². The summed E-state index contributed by atoms with van der Waals surface area (Å²) in [4.78, 5) is 0. The zero-order valence-corrected chi connectivity index (χ0v) is 6.74. The second-order valence-corrected chi connectivity index (χ2v) is 2.85. The maximum atomic E-state index is 12.2. The zero-order chi connectivity index (χ0) is 9.35. The highest BCUT2D eigenvalue weighted by Gasteiger charge is 2.35. The Bertz CT molecular complexity index is 262. The number of aromatic nitrogens is 2. The minimum atomic E-state index is -4.32. The van der Waals surface area contributed by atoms with Gasteiger partial charge in [-0.1, -0.05) is 13.8 Å². The van der Waals surface area contributed by atoms with Crippen molar-refractivity contribution in [3.05, 3.63) is 17.5 Å². The SMILES string of the molecule is CC(C)c1cn[nH]c1C(F)(F)F. The lowest BCUT2D eigenvalue weighted by Crippen LogP contribution is -2.09. The highest BCUT2D eigenvalue weighted by atomic mass is 19.4. The van der Waals surface area contributed by atoms with Crippen molar-refractivity contribution in [2.45, 2.75) is 25.9 Å². The van der Waals surface area contributed by atoms with Crippen LogP contribution in [0, 0.1) is 0 Å². The first-order valence-corrected chi connectivity index (χ1v) is 3.53. The van der Waals surface area contributed by atoms with Crippen molar-refractivity contribution in [1.29, 1.82) is 0 Å². The van der Waals surface area contributed by atoms with Gasteiger partial charge in [0, 0.05) is 5.56 Å². The third-order valence-electron chi connectivity index (χ3n) is 1.57. The van der Waals surface area contributed by atoms with Crippen LogP contribution in [0.15, 0.2) is 6.20 Å². The Balaban J connectivity index is 3.08. The quantitative estimate of drug-likeness (QED) is 0.703. The molecule has 0 aliphatic rings. The van der Waals surface area contributed by atoms with Gasteiger partial charge in [-0.25, -0.2) is 0 Å². The van der Waals surface area contributed by atoms with E-state index in [4.69, 9.17) is 0 Å². The zero-order valence-electron chi connectivity index (χ0n) is 6.74. The Morgan fingerprint density at radius 2 is 2.00 bits per heavy atom. The third-order valence-corrected chi connectivity index (χ3v) is 1.57. The van der Waals surface area contributed by atoms with Crippen LogP contribution in [-0.2, 0) is 6.18 Å². The predicted octanol–water partition coefficient (Wildman–Crippen LogP) is 2.55. The summed E-state index contributed by atoms with van der Waals surface area (Å²) in [5.74, 6) is -0.166. The minimum absolute atomic E-state index is 0.166. The van der Waals surface area contributed by atoms with E-state index in [9.17, 15) is 13.2 Å². The molecular formula is C7H9F3N2. The number of halogens is 3. The lowest BCUT2D eigenvalue weighted by Gasteiger charge is -2.08. The van der Waals surface area contributed by atoms with Gasteiger partial charge in [-0.2, -0.15) is 18.3 Å². The number of nitrogens with zero attached hydrogens (tertiary/aromatic N) is 1. The van der Waals surface area contributed by atoms with Crippen LogP contribution in [0.1, 0.15) is 31.0 Å². The molecule has 1 N–H and O–H groups in total.